The monoisotopic (exact) mass is 365 g/mol. The molecule has 3 rings (SSSR count). The number of carbonyl (C=O) groups is 1. The zero-order valence-corrected chi connectivity index (χ0v) is 13.6. The Labute approximate surface area is 146 Å². The number of aromatic nitrogens is 4. The summed E-state index contributed by atoms with van der Waals surface area (Å²) in [5, 5.41) is 14.9. The predicted octanol–water partition coefficient (Wildman–Crippen LogP) is 3.42. The normalized spacial score (nSPS) is 10.6. The van der Waals surface area contributed by atoms with E-state index in [0.717, 1.165) is 4.80 Å². The van der Waals surface area contributed by atoms with E-state index in [9.17, 15) is 9.18 Å². The fraction of sp³-hybridized carbons (Fsp3) is 0.0667. The summed E-state index contributed by atoms with van der Waals surface area (Å²) in [6, 6.07) is 10.8. The maximum Gasteiger partial charge on any atom is 0.248 e. The van der Waals surface area contributed by atoms with Crippen LogP contribution in [0.4, 0.5) is 10.1 Å². The first-order valence-electron chi connectivity index (χ1n) is 6.80. The summed E-state index contributed by atoms with van der Waals surface area (Å²) in [6.45, 7) is -0.194. The SMILES string of the molecule is O=C(Cn1nnc(-c2ccccc2F)n1)Nc1ccc(Cl)cc1Cl. The Kier molecular flexibility index (Phi) is 4.73. The Morgan fingerprint density at radius 3 is 2.75 bits per heavy atom. The van der Waals surface area contributed by atoms with E-state index in [1.165, 1.54) is 18.2 Å². The first-order valence-corrected chi connectivity index (χ1v) is 7.56. The van der Waals surface area contributed by atoms with Crippen molar-refractivity contribution in [2.45, 2.75) is 6.54 Å². The summed E-state index contributed by atoms with van der Waals surface area (Å²) < 4.78 is 13.7. The molecule has 0 radical (unpaired) electrons. The van der Waals surface area contributed by atoms with Gasteiger partial charge in [0.15, 0.2) is 0 Å². The fourth-order valence-corrected chi connectivity index (χ4v) is 2.43. The summed E-state index contributed by atoms with van der Waals surface area (Å²) >= 11 is 11.8. The molecule has 1 N–H and O–H groups in total. The van der Waals surface area contributed by atoms with E-state index in [2.05, 4.69) is 20.7 Å². The van der Waals surface area contributed by atoms with Crippen LogP contribution in [0.25, 0.3) is 11.4 Å². The van der Waals surface area contributed by atoms with Crippen LogP contribution >= 0.6 is 23.2 Å². The van der Waals surface area contributed by atoms with Crippen LogP contribution in [0, 0.1) is 5.82 Å². The molecule has 0 saturated carbocycles. The molecular formula is C15H10Cl2FN5O. The van der Waals surface area contributed by atoms with Crippen LogP contribution < -0.4 is 5.32 Å². The second kappa shape index (κ2) is 6.94. The van der Waals surface area contributed by atoms with E-state index in [0.29, 0.717) is 15.7 Å². The summed E-state index contributed by atoms with van der Waals surface area (Å²) in [7, 11) is 0. The third-order valence-corrected chi connectivity index (χ3v) is 3.61. The van der Waals surface area contributed by atoms with Crippen molar-refractivity contribution in [1.29, 1.82) is 0 Å². The third kappa shape index (κ3) is 3.69. The minimum Gasteiger partial charge on any atom is -0.323 e. The molecule has 3 aromatic rings. The minimum absolute atomic E-state index is 0.102. The van der Waals surface area contributed by atoms with E-state index < -0.39 is 11.7 Å². The third-order valence-electron chi connectivity index (χ3n) is 3.06. The quantitative estimate of drug-likeness (QED) is 0.768. The minimum atomic E-state index is -0.463. The Hall–Kier alpha value is -2.51. The number of amides is 1. The van der Waals surface area contributed by atoms with Gasteiger partial charge in [-0.2, -0.15) is 4.80 Å². The van der Waals surface area contributed by atoms with Gasteiger partial charge >= 0.3 is 0 Å². The van der Waals surface area contributed by atoms with Gasteiger partial charge in [0.05, 0.1) is 16.3 Å². The summed E-state index contributed by atoms with van der Waals surface area (Å²) in [4.78, 5) is 13.1. The molecule has 0 fully saturated rings. The number of carbonyl (C=O) groups excluding carboxylic acids is 1. The van der Waals surface area contributed by atoms with Gasteiger partial charge in [-0.1, -0.05) is 35.3 Å². The summed E-state index contributed by atoms with van der Waals surface area (Å²) in [5.74, 6) is -0.767. The van der Waals surface area contributed by atoms with Crippen molar-refractivity contribution >= 4 is 34.8 Å². The van der Waals surface area contributed by atoms with Gasteiger partial charge in [0.2, 0.25) is 11.7 Å². The van der Waals surface area contributed by atoms with Gasteiger partial charge in [-0.3, -0.25) is 4.79 Å². The molecule has 0 bridgehead atoms. The van der Waals surface area contributed by atoms with Crippen LogP contribution in [0.2, 0.25) is 10.0 Å². The first kappa shape index (κ1) is 16.4. The Balaban J connectivity index is 1.70. The van der Waals surface area contributed by atoms with Gasteiger partial charge < -0.3 is 5.32 Å². The molecule has 24 heavy (non-hydrogen) atoms. The second-order valence-corrected chi connectivity index (χ2v) is 5.64. The average Bonchev–Trinajstić information content (AvgIpc) is 2.99. The van der Waals surface area contributed by atoms with Crippen LogP contribution in [0.15, 0.2) is 42.5 Å². The second-order valence-electron chi connectivity index (χ2n) is 4.80. The molecule has 0 spiro atoms. The highest BCUT2D eigenvalue weighted by Gasteiger charge is 2.13. The van der Waals surface area contributed by atoms with Crippen molar-refractivity contribution in [1.82, 2.24) is 20.2 Å². The number of benzene rings is 2. The molecule has 9 heteroatoms. The molecule has 0 aliphatic carbocycles. The topological polar surface area (TPSA) is 72.7 Å². The number of rotatable bonds is 4. The van der Waals surface area contributed by atoms with Crippen molar-refractivity contribution in [2.75, 3.05) is 5.32 Å². The molecule has 0 aliphatic rings. The lowest BCUT2D eigenvalue weighted by molar-refractivity contribution is -0.117. The van der Waals surface area contributed by atoms with Gasteiger partial charge in [-0.05, 0) is 35.5 Å². The van der Waals surface area contributed by atoms with E-state index in [4.69, 9.17) is 23.2 Å². The lowest BCUT2D eigenvalue weighted by Gasteiger charge is -2.06. The van der Waals surface area contributed by atoms with Gasteiger partial charge in [-0.15, -0.1) is 10.2 Å². The largest absolute Gasteiger partial charge is 0.323 e. The fourth-order valence-electron chi connectivity index (χ4n) is 1.97. The summed E-state index contributed by atoms with van der Waals surface area (Å²) in [6.07, 6.45) is 0. The van der Waals surface area contributed by atoms with Crippen LogP contribution in [0.3, 0.4) is 0 Å². The van der Waals surface area contributed by atoms with Gasteiger partial charge in [-0.25, -0.2) is 4.39 Å². The number of halogens is 3. The molecule has 2 aromatic carbocycles. The van der Waals surface area contributed by atoms with Gasteiger partial charge in [0.25, 0.3) is 0 Å². The van der Waals surface area contributed by atoms with Crippen molar-refractivity contribution in [2.24, 2.45) is 0 Å². The number of hydrogen-bond acceptors (Lipinski definition) is 4. The molecule has 122 valence electrons. The number of tetrazole rings is 1. The lowest BCUT2D eigenvalue weighted by Crippen LogP contribution is -2.20. The van der Waals surface area contributed by atoms with Crippen molar-refractivity contribution < 1.29 is 9.18 Å². The smallest absolute Gasteiger partial charge is 0.248 e. The van der Waals surface area contributed by atoms with Gasteiger partial charge in [0.1, 0.15) is 12.4 Å². The van der Waals surface area contributed by atoms with Crippen molar-refractivity contribution in [3.05, 3.63) is 58.3 Å². The van der Waals surface area contributed by atoms with Crippen LogP contribution in [0.1, 0.15) is 0 Å². The Morgan fingerprint density at radius 1 is 1.21 bits per heavy atom. The van der Waals surface area contributed by atoms with Crippen molar-refractivity contribution in [3.63, 3.8) is 0 Å². The molecule has 6 nitrogen and oxygen atoms in total. The average molecular weight is 366 g/mol. The predicted molar refractivity (Wildman–Crippen MR) is 88.3 cm³/mol. The molecular weight excluding hydrogens is 356 g/mol. The van der Waals surface area contributed by atoms with Gasteiger partial charge in [0, 0.05) is 5.02 Å². The van der Waals surface area contributed by atoms with Crippen molar-refractivity contribution in [3.8, 4) is 11.4 Å². The van der Waals surface area contributed by atoms with E-state index in [1.54, 1.807) is 24.3 Å². The number of nitrogens with one attached hydrogen (secondary N) is 1. The molecule has 1 aromatic heterocycles. The first-order chi connectivity index (χ1) is 11.5. The Morgan fingerprint density at radius 2 is 2.00 bits per heavy atom. The van der Waals surface area contributed by atoms with Crippen LogP contribution in [-0.2, 0) is 11.3 Å². The highest BCUT2D eigenvalue weighted by molar-refractivity contribution is 6.36. The number of nitrogens with zero attached hydrogens (tertiary/aromatic N) is 4. The van der Waals surface area contributed by atoms with E-state index in [1.807, 2.05) is 0 Å². The zero-order chi connectivity index (χ0) is 17.1. The molecule has 0 atom stereocenters. The maximum absolute atomic E-state index is 13.7. The maximum atomic E-state index is 13.7. The molecule has 0 unspecified atom stereocenters. The lowest BCUT2D eigenvalue weighted by atomic mass is 10.2. The highest BCUT2D eigenvalue weighted by atomic mass is 35.5. The number of anilines is 1. The molecule has 0 saturated heterocycles. The Bertz CT molecular complexity index is 899. The molecule has 1 heterocycles. The molecule has 0 aliphatic heterocycles. The van der Waals surface area contributed by atoms with Crippen LogP contribution in [-0.4, -0.2) is 26.1 Å². The highest BCUT2D eigenvalue weighted by Crippen LogP contribution is 2.25. The summed E-state index contributed by atoms with van der Waals surface area (Å²) in [5.41, 5.74) is 0.630. The van der Waals surface area contributed by atoms with E-state index >= 15 is 0 Å². The van der Waals surface area contributed by atoms with Crippen LogP contribution in [0.5, 0.6) is 0 Å². The number of hydrogen-bond donors (Lipinski definition) is 1. The zero-order valence-electron chi connectivity index (χ0n) is 12.1. The standard InChI is InChI=1S/C15H10Cl2FN5O/c16-9-5-6-13(11(17)7-9)19-14(24)8-23-21-15(20-22-23)10-3-1-2-4-12(10)18/h1-7H,8H2,(H,19,24). The van der Waals surface area contributed by atoms with E-state index in [-0.39, 0.29) is 17.9 Å². The molecule has 1 amide bonds.